The Balaban J connectivity index is 1.51. The number of nitrogens with zero attached hydrogens (tertiary/aromatic N) is 4. The maximum absolute atomic E-state index is 13.3. The lowest BCUT2D eigenvalue weighted by atomic mass is 9.85. The van der Waals surface area contributed by atoms with Crippen LogP contribution < -0.4 is 0 Å². The summed E-state index contributed by atoms with van der Waals surface area (Å²) in [4.78, 5) is 26.9. The summed E-state index contributed by atoms with van der Waals surface area (Å²) in [5.41, 5.74) is 0.767. The van der Waals surface area contributed by atoms with Gasteiger partial charge in [-0.15, -0.1) is 0 Å². The van der Waals surface area contributed by atoms with Crippen LogP contribution in [0, 0.1) is 17.8 Å². The van der Waals surface area contributed by atoms with Crippen LogP contribution in [-0.2, 0) is 11.3 Å². The maximum atomic E-state index is 13.3. The zero-order valence-corrected chi connectivity index (χ0v) is 15.5. The molecule has 25 heavy (non-hydrogen) atoms. The second kappa shape index (κ2) is 6.20. The van der Waals surface area contributed by atoms with E-state index >= 15 is 0 Å². The van der Waals surface area contributed by atoms with E-state index in [2.05, 4.69) is 29.8 Å². The molecule has 1 spiro atoms. The molecule has 0 aromatic carbocycles. The topological polar surface area (TPSA) is 48.8 Å². The summed E-state index contributed by atoms with van der Waals surface area (Å²) in [5.74, 6) is 2.60. The van der Waals surface area contributed by atoms with Gasteiger partial charge >= 0.3 is 0 Å². The van der Waals surface area contributed by atoms with Crippen molar-refractivity contribution in [2.24, 2.45) is 22.7 Å². The molecule has 3 aliphatic rings. The van der Waals surface area contributed by atoms with Crippen molar-refractivity contribution in [2.45, 2.75) is 45.7 Å². The van der Waals surface area contributed by atoms with Crippen LogP contribution in [0.1, 0.15) is 39.2 Å². The minimum atomic E-state index is -0.479. The molecule has 0 bridgehead atoms. The number of rotatable bonds is 4. The van der Waals surface area contributed by atoms with Gasteiger partial charge in [-0.3, -0.25) is 24.6 Å². The zero-order chi connectivity index (χ0) is 17.6. The number of aliphatic imine (C=N–C) groups is 1. The zero-order valence-electron chi connectivity index (χ0n) is 15.5. The average molecular weight is 340 g/mol. The van der Waals surface area contributed by atoms with Crippen molar-refractivity contribution in [2.75, 3.05) is 19.6 Å². The van der Waals surface area contributed by atoms with Crippen LogP contribution in [0.5, 0.6) is 0 Å². The van der Waals surface area contributed by atoms with Crippen molar-refractivity contribution in [3.05, 3.63) is 30.1 Å². The first kappa shape index (κ1) is 16.7. The molecule has 0 radical (unpaired) electrons. The molecule has 1 amide bonds. The Morgan fingerprint density at radius 2 is 2.20 bits per heavy atom. The number of carbonyl (C=O) groups excluding carboxylic acids is 1. The van der Waals surface area contributed by atoms with Gasteiger partial charge in [0.25, 0.3) is 5.91 Å². The molecular formula is C20H28N4O. The average Bonchev–Trinajstić information content (AvgIpc) is 3.19. The van der Waals surface area contributed by atoms with Crippen molar-refractivity contribution in [3.8, 4) is 0 Å². The maximum Gasteiger partial charge on any atom is 0.256 e. The first-order valence-corrected chi connectivity index (χ1v) is 9.49. The van der Waals surface area contributed by atoms with Crippen LogP contribution in [0.25, 0.3) is 0 Å². The molecule has 2 aliphatic heterocycles. The summed E-state index contributed by atoms with van der Waals surface area (Å²) in [6.45, 7) is 10.1. The molecule has 1 saturated heterocycles. The van der Waals surface area contributed by atoms with Gasteiger partial charge in [-0.05, 0) is 43.2 Å². The molecule has 0 N–H and O–H groups in total. The molecule has 1 aromatic rings. The van der Waals surface area contributed by atoms with Crippen LogP contribution >= 0.6 is 0 Å². The fraction of sp³-hybridized carbons (Fsp3) is 0.650. The van der Waals surface area contributed by atoms with Gasteiger partial charge in [-0.2, -0.15) is 0 Å². The fourth-order valence-electron chi connectivity index (χ4n) is 5.03. The van der Waals surface area contributed by atoms with E-state index in [9.17, 15) is 4.79 Å². The van der Waals surface area contributed by atoms with Crippen molar-refractivity contribution in [3.63, 3.8) is 0 Å². The summed E-state index contributed by atoms with van der Waals surface area (Å²) in [7, 11) is 0. The number of amides is 1. The molecule has 0 unspecified atom stereocenters. The van der Waals surface area contributed by atoms with E-state index in [-0.39, 0.29) is 5.91 Å². The number of pyridine rings is 1. The Hall–Kier alpha value is -1.75. The summed E-state index contributed by atoms with van der Waals surface area (Å²) in [6.07, 6.45) is 5.80. The minimum Gasteiger partial charge on any atom is -0.298 e. The molecule has 5 heteroatoms. The predicted molar refractivity (Wildman–Crippen MR) is 98.1 cm³/mol. The number of fused-ring (bicyclic) bond motifs is 2. The van der Waals surface area contributed by atoms with Crippen molar-refractivity contribution >= 4 is 11.7 Å². The van der Waals surface area contributed by atoms with E-state index in [1.807, 2.05) is 30.3 Å². The first-order chi connectivity index (χ1) is 12.0. The Bertz CT molecular complexity index is 686. The minimum absolute atomic E-state index is 0.259. The van der Waals surface area contributed by atoms with Gasteiger partial charge in [-0.25, -0.2) is 0 Å². The Morgan fingerprint density at radius 1 is 1.36 bits per heavy atom. The van der Waals surface area contributed by atoms with Gasteiger partial charge in [0.05, 0.1) is 0 Å². The van der Waals surface area contributed by atoms with Gasteiger partial charge in [0, 0.05) is 44.5 Å². The van der Waals surface area contributed by atoms with Crippen LogP contribution in [0.4, 0.5) is 0 Å². The summed E-state index contributed by atoms with van der Waals surface area (Å²) >= 11 is 0. The van der Waals surface area contributed by atoms with E-state index in [1.165, 1.54) is 5.56 Å². The third kappa shape index (κ3) is 2.78. The van der Waals surface area contributed by atoms with Gasteiger partial charge in [0.15, 0.2) is 0 Å². The second-order valence-corrected chi connectivity index (χ2v) is 8.35. The van der Waals surface area contributed by atoms with Gasteiger partial charge < -0.3 is 0 Å². The number of likely N-dealkylation sites (tertiary alicyclic amines) is 1. The number of carbonyl (C=O) groups is 1. The molecule has 1 saturated carbocycles. The summed E-state index contributed by atoms with van der Waals surface area (Å²) < 4.78 is 0. The van der Waals surface area contributed by atoms with E-state index < -0.39 is 5.54 Å². The van der Waals surface area contributed by atoms with Crippen LogP contribution in [-0.4, -0.2) is 51.7 Å². The lowest BCUT2D eigenvalue weighted by Gasteiger charge is -2.28. The number of amidine groups is 1. The molecule has 2 fully saturated rings. The molecule has 3 atom stereocenters. The van der Waals surface area contributed by atoms with Crippen LogP contribution in [0.15, 0.2) is 29.5 Å². The van der Waals surface area contributed by atoms with Gasteiger partial charge in [0.2, 0.25) is 0 Å². The van der Waals surface area contributed by atoms with E-state index in [4.69, 9.17) is 4.99 Å². The second-order valence-electron chi connectivity index (χ2n) is 8.35. The van der Waals surface area contributed by atoms with E-state index in [0.717, 1.165) is 44.9 Å². The molecule has 5 nitrogen and oxygen atoms in total. The number of aromatic nitrogens is 1. The fourth-order valence-corrected chi connectivity index (χ4v) is 5.03. The molecular weight excluding hydrogens is 312 g/mol. The van der Waals surface area contributed by atoms with Crippen molar-refractivity contribution in [1.29, 1.82) is 0 Å². The summed E-state index contributed by atoms with van der Waals surface area (Å²) in [6, 6.07) is 4.12. The molecule has 1 aliphatic carbocycles. The summed E-state index contributed by atoms with van der Waals surface area (Å²) in [5, 5.41) is 0. The van der Waals surface area contributed by atoms with E-state index in [0.29, 0.717) is 17.8 Å². The highest BCUT2D eigenvalue weighted by Crippen LogP contribution is 2.50. The highest BCUT2D eigenvalue weighted by molar-refractivity contribution is 6.07. The monoisotopic (exact) mass is 340 g/mol. The van der Waals surface area contributed by atoms with E-state index in [1.54, 1.807) is 0 Å². The standard InChI is InChI=1S/C20H28N4O/c1-14(2)10-24-15(3)22-20(19(24)25)7-6-17-12-23(13-18(17)20)11-16-5-4-8-21-9-16/h4-5,8-9,14,17-18H,6-7,10-13H2,1-3H3/t17-,18+,20-/m1/s1. The third-order valence-corrected chi connectivity index (χ3v) is 6.07. The molecule has 134 valence electrons. The van der Waals surface area contributed by atoms with Gasteiger partial charge in [-0.1, -0.05) is 19.9 Å². The van der Waals surface area contributed by atoms with Gasteiger partial charge in [0.1, 0.15) is 11.4 Å². The first-order valence-electron chi connectivity index (χ1n) is 9.49. The smallest absolute Gasteiger partial charge is 0.256 e. The molecule has 3 heterocycles. The lowest BCUT2D eigenvalue weighted by molar-refractivity contribution is -0.132. The number of hydrogen-bond donors (Lipinski definition) is 0. The largest absolute Gasteiger partial charge is 0.298 e. The normalized spacial score (nSPS) is 32.1. The Kier molecular flexibility index (Phi) is 4.14. The molecule has 1 aromatic heterocycles. The van der Waals surface area contributed by atoms with Crippen molar-refractivity contribution in [1.82, 2.24) is 14.8 Å². The van der Waals surface area contributed by atoms with Crippen LogP contribution in [0.3, 0.4) is 0 Å². The quantitative estimate of drug-likeness (QED) is 0.846. The Labute approximate surface area is 150 Å². The highest BCUT2D eigenvalue weighted by atomic mass is 16.2. The van der Waals surface area contributed by atoms with Crippen LogP contribution in [0.2, 0.25) is 0 Å². The highest BCUT2D eigenvalue weighted by Gasteiger charge is 2.60. The lowest BCUT2D eigenvalue weighted by Crippen LogP contribution is -2.47. The Morgan fingerprint density at radius 3 is 2.92 bits per heavy atom. The number of hydrogen-bond acceptors (Lipinski definition) is 4. The SMILES string of the molecule is CC1=N[C@@]2(CC[C@@H]3CN(Cc4cccnc4)C[C@@H]32)C(=O)N1CC(C)C. The predicted octanol–water partition coefficient (Wildman–Crippen LogP) is 2.58. The third-order valence-electron chi connectivity index (χ3n) is 6.07. The molecule has 4 rings (SSSR count). The van der Waals surface area contributed by atoms with Crippen molar-refractivity contribution < 1.29 is 4.79 Å².